The first-order valence-corrected chi connectivity index (χ1v) is 4.11. The fourth-order valence-corrected chi connectivity index (χ4v) is 0. The summed E-state index contributed by atoms with van der Waals surface area (Å²) in [5, 5.41) is 0. The van der Waals surface area contributed by atoms with Crippen molar-refractivity contribution in [1.29, 1.82) is 0 Å². The molecule has 0 atom stereocenters. The minimum absolute atomic E-state index is 0. The number of rotatable bonds is 0. The molecule has 3 nitrogen and oxygen atoms in total. The molecule has 0 aromatic heterocycles. The zero-order chi connectivity index (χ0) is 3.58. The van der Waals surface area contributed by atoms with E-state index in [4.69, 9.17) is 9.96 Å². The normalized spacial score (nSPS) is 5.20. The molecule has 1 radical (unpaired) electrons. The first-order valence-electron chi connectivity index (χ1n) is 0.612. The second kappa shape index (κ2) is 5.04. The third-order valence-electron chi connectivity index (χ3n) is 0. The molecule has 0 saturated heterocycles. The summed E-state index contributed by atoms with van der Waals surface area (Å²) in [5.41, 5.74) is 0. The molecule has 0 rings (SSSR count). The van der Waals surface area contributed by atoms with Gasteiger partial charge in [0.25, 0.3) is 0 Å². The molecular weight excluding hydrogens is 230 g/mol. The van der Waals surface area contributed by atoms with Gasteiger partial charge in [-0.2, -0.15) is 0 Å². The van der Waals surface area contributed by atoms with E-state index in [0.717, 1.165) is 0 Å². The maximum absolute atomic E-state index is 8.61. The Kier molecular flexibility index (Phi) is 9.47. The Morgan fingerprint density at radius 2 is 1.40 bits per heavy atom. The van der Waals surface area contributed by atoms with Gasteiger partial charge in [-0.3, -0.25) is 0 Å². The van der Waals surface area contributed by atoms with Gasteiger partial charge in [0.15, 0.2) is 0 Å². The second-order valence-corrected chi connectivity index (χ2v) is 1.68. The number of hydrogen-bond donors (Lipinski definition) is 0. The van der Waals surface area contributed by atoms with Crippen LogP contribution in [0.5, 0.6) is 0 Å². The van der Waals surface area contributed by atoms with Crippen molar-refractivity contribution in [1.82, 2.24) is 0 Å². The van der Waals surface area contributed by atoms with Crippen molar-refractivity contribution < 1.29 is 27.0 Å². The average Bonchev–Trinajstić information content (AvgIpc) is 0.811. The van der Waals surface area contributed by atoms with Crippen LogP contribution >= 0.6 is 0 Å². The molecule has 0 bridgehead atoms. The fraction of sp³-hybridized carbons (Fsp3) is 0. The van der Waals surface area contributed by atoms with Crippen LogP contribution in [0.25, 0.3) is 0 Å². The van der Waals surface area contributed by atoms with Gasteiger partial charge in [0.1, 0.15) is 0 Å². The summed E-state index contributed by atoms with van der Waals surface area (Å²) in [4.78, 5) is 0. The molecule has 0 aromatic rings. The molecule has 0 spiro atoms. The Morgan fingerprint density at radius 3 is 1.40 bits per heavy atom. The molecule has 0 N–H and O–H groups in total. The first kappa shape index (κ1) is 9.40. The van der Waals surface area contributed by atoms with Crippen LogP contribution in [0.15, 0.2) is 0 Å². The Hall–Kier alpha value is 1.04. The maximum atomic E-state index is 8.61. The van der Waals surface area contributed by atoms with Crippen LogP contribution in [0, 0.1) is 0 Å². The predicted molar refractivity (Wildman–Crippen MR) is 6.44 cm³/mol. The Labute approximate surface area is 47.7 Å². The summed E-state index contributed by atoms with van der Waals surface area (Å²) in [7, 11) is 0. The molecule has 0 unspecified atom stereocenters. The third-order valence-corrected chi connectivity index (χ3v) is 0. The van der Waals surface area contributed by atoms with Crippen LogP contribution < -0.4 is 6.89 Å². The van der Waals surface area contributed by atoms with Gasteiger partial charge in [-0.05, 0) is 0 Å². The van der Waals surface area contributed by atoms with Crippen molar-refractivity contribution in [2.24, 2.45) is 0 Å². The minimum atomic E-state index is -4.29. The molecule has 0 aliphatic rings. The molecule has 0 heterocycles. The second-order valence-electron chi connectivity index (χ2n) is 0.250. The summed E-state index contributed by atoms with van der Waals surface area (Å²) in [6.07, 6.45) is 0. The van der Waals surface area contributed by atoms with E-state index in [9.17, 15) is 0 Å². The van der Waals surface area contributed by atoms with Crippen molar-refractivity contribution in [2.75, 3.05) is 0 Å². The zero-order valence-electron chi connectivity index (χ0n) is 2.03. The van der Waals surface area contributed by atoms with Crippen LogP contribution in [-0.4, -0.2) is 20.6 Å². The molecule has 5 heavy (non-hydrogen) atoms. The van der Waals surface area contributed by atoms with E-state index in [1.54, 1.807) is 0 Å². The van der Waals surface area contributed by atoms with E-state index >= 15 is 0 Å². The van der Waals surface area contributed by atoms with Gasteiger partial charge in [-0.15, -0.1) is 0 Å². The van der Waals surface area contributed by atoms with Crippen molar-refractivity contribution in [3.63, 3.8) is 0 Å². The number of hydrogen-bond acceptors (Lipinski definition) is 3. The SMILES string of the molecule is [Cu+2].[O]=[Sn]([O-])[O-]. The van der Waals surface area contributed by atoms with E-state index in [1.165, 1.54) is 0 Å². The van der Waals surface area contributed by atoms with Crippen molar-refractivity contribution in [3.05, 3.63) is 0 Å². The van der Waals surface area contributed by atoms with E-state index in [-0.39, 0.29) is 17.1 Å². The average molecular weight is 230 g/mol. The van der Waals surface area contributed by atoms with E-state index < -0.39 is 20.6 Å². The molecule has 0 amide bonds. The van der Waals surface area contributed by atoms with Crippen molar-refractivity contribution in [2.45, 2.75) is 0 Å². The molecule has 0 saturated carbocycles. The monoisotopic (exact) mass is 231 g/mol. The van der Waals surface area contributed by atoms with Crippen molar-refractivity contribution in [3.8, 4) is 0 Å². The van der Waals surface area contributed by atoms with Gasteiger partial charge < -0.3 is 0 Å². The summed E-state index contributed by atoms with van der Waals surface area (Å²) in [6.45, 7) is 0. The van der Waals surface area contributed by atoms with Crippen LogP contribution in [0.4, 0.5) is 0 Å². The third kappa shape index (κ3) is 43.1. The van der Waals surface area contributed by atoms with E-state index in [2.05, 4.69) is 0 Å². The van der Waals surface area contributed by atoms with E-state index in [1.807, 2.05) is 0 Å². The Balaban J connectivity index is 0. The summed E-state index contributed by atoms with van der Waals surface area (Å²) >= 11 is -4.29. The quantitative estimate of drug-likeness (QED) is 0.420. The Morgan fingerprint density at radius 1 is 1.40 bits per heavy atom. The fourth-order valence-electron chi connectivity index (χ4n) is 0. The standard InChI is InChI=1S/Cu.3O.Sn/q+2;;2*-1;. The molecule has 5 heteroatoms. The molecule has 33 valence electrons. The summed E-state index contributed by atoms with van der Waals surface area (Å²) in [6, 6.07) is 0. The molecule has 0 aliphatic carbocycles. The van der Waals surface area contributed by atoms with Gasteiger partial charge in [0.05, 0.1) is 0 Å². The van der Waals surface area contributed by atoms with Crippen LogP contribution in [0.3, 0.4) is 0 Å². The van der Waals surface area contributed by atoms with Gasteiger partial charge in [-0.1, -0.05) is 0 Å². The van der Waals surface area contributed by atoms with Crippen LogP contribution in [0.1, 0.15) is 0 Å². The summed E-state index contributed by atoms with van der Waals surface area (Å²) in [5.74, 6) is 0. The van der Waals surface area contributed by atoms with Gasteiger partial charge >= 0.3 is 47.6 Å². The predicted octanol–water partition coefficient (Wildman–Crippen LogP) is -2.88. The van der Waals surface area contributed by atoms with Crippen LogP contribution in [-0.2, 0) is 20.1 Å². The molecule has 0 aliphatic heterocycles. The first-order chi connectivity index (χ1) is 1.73. The topological polar surface area (TPSA) is 63.2 Å². The molecular formula is CuO3Sn. The molecule has 0 aromatic carbocycles. The molecule has 0 fully saturated rings. The van der Waals surface area contributed by atoms with Gasteiger partial charge in [0, 0.05) is 0 Å². The Bertz CT molecular complexity index is 29.9. The van der Waals surface area contributed by atoms with Crippen LogP contribution in [0.2, 0.25) is 0 Å². The van der Waals surface area contributed by atoms with Crippen molar-refractivity contribution >= 4 is 20.6 Å². The van der Waals surface area contributed by atoms with Gasteiger partial charge in [-0.25, -0.2) is 0 Å². The zero-order valence-corrected chi connectivity index (χ0v) is 5.82. The van der Waals surface area contributed by atoms with Gasteiger partial charge in [0.2, 0.25) is 0 Å². The van der Waals surface area contributed by atoms with E-state index in [0.29, 0.717) is 0 Å². The summed E-state index contributed by atoms with van der Waals surface area (Å²) < 4.78 is 25.8.